The van der Waals surface area contributed by atoms with Gasteiger partial charge < -0.3 is 25.4 Å². The van der Waals surface area contributed by atoms with Gasteiger partial charge in [-0.15, -0.1) is 0 Å². The van der Waals surface area contributed by atoms with Crippen molar-refractivity contribution in [2.45, 2.75) is 65.8 Å². The van der Waals surface area contributed by atoms with E-state index in [-0.39, 0.29) is 42.9 Å². The average molecular weight is 561 g/mol. The number of carbonyl (C=O) groups excluding carboxylic acids is 3. The Labute approximate surface area is 242 Å². The van der Waals surface area contributed by atoms with Gasteiger partial charge in [0.25, 0.3) is 5.91 Å². The number of nitrogen functional groups attached to an aromatic ring is 1. The number of nitrogens with one attached hydrogen (secondary N) is 2. The van der Waals surface area contributed by atoms with E-state index in [0.29, 0.717) is 41.1 Å². The maximum absolute atomic E-state index is 13.4. The fraction of sp³-hybridized carbons (Fsp3) is 0.438. The molecule has 1 saturated heterocycles. The molecule has 1 fully saturated rings. The zero-order valence-corrected chi connectivity index (χ0v) is 24.4. The largest absolute Gasteiger partial charge is 0.466 e. The van der Waals surface area contributed by atoms with Crippen LogP contribution in [0.5, 0.6) is 0 Å². The summed E-state index contributed by atoms with van der Waals surface area (Å²) >= 11 is 0. The van der Waals surface area contributed by atoms with E-state index in [1.165, 1.54) is 0 Å². The van der Waals surface area contributed by atoms with Crippen LogP contribution in [0, 0.1) is 24.2 Å². The number of amidine groups is 1. The van der Waals surface area contributed by atoms with Crippen molar-refractivity contribution >= 4 is 29.4 Å². The summed E-state index contributed by atoms with van der Waals surface area (Å²) in [6.07, 6.45) is 3.57. The van der Waals surface area contributed by atoms with Crippen molar-refractivity contribution in [1.29, 1.82) is 5.41 Å². The van der Waals surface area contributed by atoms with Crippen molar-refractivity contribution in [1.82, 2.24) is 4.90 Å². The van der Waals surface area contributed by atoms with E-state index in [2.05, 4.69) is 17.2 Å². The quantitative estimate of drug-likeness (QED) is 0.122. The molecule has 0 aliphatic carbocycles. The van der Waals surface area contributed by atoms with E-state index in [4.69, 9.17) is 20.6 Å². The lowest BCUT2D eigenvalue weighted by Gasteiger charge is -2.23. The third-order valence-electron chi connectivity index (χ3n) is 7.00. The number of rotatable bonds is 11. The van der Waals surface area contributed by atoms with E-state index >= 15 is 0 Å². The molecule has 1 unspecified atom stereocenters. The van der Waals surface area contributed by atoms with Gasteiger partial charge >= 0.3 is 11.9 Å². The Kier molecular flexibility index (Phi) is 11.3. The monoisotopic (exact) mass is 560 g/mol. The lowest BCUT2D eigenvalue weighted by Crippen LogP contribution is -2.34. The smallest absolute Gasteiger partial charge is 0.338 e. The number of nitrogens with zero attached hydrogens (tertiary/aromatic N) is 1. The van der Waals surface area contributed by atoms with Gasteiger partial charge in [0.2, 0.25) is 0 Å². The van der Waals surface area contributed by atoms with Gasteiger partial charge in [-0.05, 0) is 81.5 Å². The molecule has 1 atom stereocenters. The number of esters is 2. The summed E-state index contributed by atoms with van der Waals surface area (Å²) in [4.78, 5) is 40.2. The van der Waals surface area contributed by atoms with Gasteiger partial charge in [0.05, 0.1) is 31.7 Å². The molecule has 1 amide bonds. The van der Waals surface area contributed by atoms with Crippen LogP contribution in [0.3, 0.4) is 0 Å². The van der Waals surface area contributed by atoms with Crippen LogP contribution >= 0.6 is 0 Å². The first-order valence-electron chi connectivity index (χ1n) is 14.1. The maximum atomic E-state index is 13.4. The molecule has 0 radical (unpaired) electrons. The van der Waals surface area contributed by atoms with E-state index < -0.39 is 11.9 Å². The number of anilines is 1. The molecule has 41 heavy (non-hydrogen) atoms. The molecule has 0 saturated carbocycles. The molecule has 1 aliphatic heterocycles. The minimum atomic E-state index is -0.527. The molecule has 1 heterocycles. The normalized spacial score (nSPS) is 14.1. The van der Waals surface area contributed by atoms with Gasteiger partial charge in [-0.3, -0.25) is 15.0 Å². The average Bonchev–Trinajstić information content (AvgIpc) is 3.37. The number of hydrogen-bond donors (Lipinski definition) is 3. The molecule has 3 rings (SSSR count). The number of nitrogens with two attached hydrogens (primary N) is 1. The third kappa shape index (κ3) is 8.34. The molecule has 0 spiro atoms. The van der Waals surface area contributed by atoms with Crippen LogP contribution in [0.15, 0.2) is 30.3 Å². The third-order valence-corrected chi connectivity index (χ3v) is 7.00. The van der Waals surface area contributed by atoms with Crippen molar-refractivity contribution < 1.29 is 23.9 Å². The molecule has 0 aromatic heterocycles. The topological polar surface area (TPSA) is 135 Å². The molecule has 218 valence electrons. The number of likely N-dealkylation sites (tertiary alicyclic amines) is 1. The van der Waals surface area contributed by atoms with Gasteiger partial charge in [-0.1, -0.05) is 25.2 Å². The molecule has 2 aromatic carbocycles. The van der Waals surface area contributed by atoms with Gasteiger partial charge in [0.1, 0.15) is 5.84 Å². The van der Waals surface area contributed by atoms with Crippen molar-refractivity contribution in [3.05, 3.63) is 63.7 Å². The van der Waals surface area contributed by atoms with Crippen LogP contribution in [0.1, 0.15) is 89.4 Å². The lowest BCUT2D eigenvalue weighted by atomic mass is 9.96. The van der Waals surface area contributed by atoms with Crippen molar-refractivity contribution in [2.24, 2.45) is 5.73 Å². The fourth-order valence-corrected chi connectivity index (χ4v) is 4.72. The maximum Gasteiger partial charge on any atom is 0.338 e. The zero-order valence-electron chi connectivity index (χ0n) is 24.4. The summed E-state index contributed by atoms with van der Waals surface area (Å²) in [7, 11) is 0. The van der Waals surface area contributed by atoms with Crippen molar-refractivity contribution in [2.75, 3.05) is 31.6 Å². The Morgan fingerprint density at radius 1 is 1.12 bits per heavy atom. The number of aryl methyl sites for hydroxylation is 1. The highest BCUT2D eigenvalue weighted by molar-refractivity contribution is 6.06. The summed E-state index contributed by atoms with van der Waals surface area (Å²) in [5.41, 5.74) is 9.49. The minimum absolute atomic E-state index is 0.00995. The van der Waals surface area contributed by atoms with Crippen LogP contribution in [0.4, 0.5) is 5.69 Å². The Morgan fingerprint density at radius 2 is 1.90 bits per heavy atom. The molecular weight excluding hydrogens is 520 g/mol. The van der Waals surface area contributed by atoms with Crippen LogP contribution < -0.4 is 11.1 Å². The Morgan fingerprint density at radius 3 is 2.56 bits per heavy atom. The van der Waals surface area contributed by atoms with Crippen LogP contribution in [-0.2, 0) is 20.7 Å². The summed E-state index contributed by atoms with van der Waals surface area (Å²) < 4.78 is 10.5. The first-order valence-corrected chi connectivity index (χ1v) is 14.1. The predicted molar refractivity (Wildman–Crippen MR) is 159 cm³/mol. The van der Waals surface area contributed by atoms with Crippen LogP contribution in [-0.4, -0.2) is 60.9 Å². The van der Waals surface area contributed by atoms with Gasteiger partial charge in [0.15, 0.2) is 0 Å². The fourth-order valence-electron chi connectivity index (χ4n) is 4.72. The van der Waals surface area contributed by atoms with E-state index in [9.17, 15) is 14.4 Å². The number of ether oxygens (including phenoxy) is 2. The van der Waals surface area contributed by atoms with Crippen LogP contribution in [0.25, 0.3) is 0 Å². The van der Waals surface area contributed by atoms with Crippen molar-refractivity contribution in [3.63, 3.8) is 0 Å². The SMILES string of the molecule is CCCCOC(=O)c1cc(NCC#Cc2cc(CC(=O)OCC)c(C(=O)N3CCCC3C)cc2C)ccc1C(=N)N. The summed E-state index contributed by atoms with van der Waals surface area (Å²) in [5.74, 6) is 5.02. The van der Waals surface area contributed by atoms with Crippen LogP contribution in [0.2, 0.25) is 0 Å². The van der Waals surface area contributed by atoms with E-state index in [0.717, 1.165) is 31.2 Å². The second-order valence-electron chi connectivity index (χ2n) is 10.1. The first-order chi connectivity index (χ1) is 19.7. The number of carbonyl (C=O) groups is 3. The molecular formula is C32H40N4O5. The zero-order chi connectivity index (χ0) is 29.9. The van der Waals surface area contributed by atoms with Gasteiger partial charge in [-0.25, -0.2) is 4.79 Å². The Bertz CT molecular complexity index is 1360. The number of unbranched alkanes of at least 4 members (excludes halogenated alkanes) is 1. The molecule has 2 aromatic rings. The summed E-state index contributed by atoms with van der Waals surface area (Å²) in [6, 6.07) is 8.72. The number of benzene rings is 2. The molecule has 9 nitrogen and oxygen atoms in total. The lowest BCUT2D eigenvalue weighted by molar-refractivity contribution is -0.142. The molecule has 4 N–H and O–H groups in total. The Balaban J connectivity index is 1.81. The number of amides is 1. The first kappa shape index (κ1) is 31.2. The minimum Gasteiger partial charge on any atom is -0.466 e. The Hall–Kier alpha value is -4.32. The predicted octanol–water partition coefficient (Wildman–Crippen LogP) is 4.43. The number of hydrogen-bond acceptors (Lipinski definition) is 7. The second-order valence-corrected chi connectivity index (χ2v) is 10.1. The molecule has 1 aliphatic rings. The second kappa shape index (κ2) is 14.9. The van der Waals surface area contributed by atoms with E-state index in [1.807, 2.05) is 31.7 Å². The molecule has 0 bridgehead atoms. The van der Waals surface area contributed by atoms with Gasteiger partial charge in [-0.2, -0.15) is 0 Å². The molecule has 9 heteroatoms. The van der Waals surface area contributed by atoms with E-state index in [1.54, 1.807) is 31.2 Å². The van der Waals surface area contributed by atoms with Crippen molar-refractivity contribution in [3.8, 4) is 11.8 Å². The standard InChI is InChI=1S/C32H40N4O5/c1-5-7-16-41-32(39)28-20-25(12-13-26(28)30(33)34)35-14-8-11-23-18-24(19-29(37)40-6-2)27(17-21(23)3)31(38)36-15-9-10-22(36)4/h12-13,17-18,20,22,35H,5-7,9-10,14-16,19H2,1-4H3,(H3,33,34). The highest BCUT2D eigenvalue weighted by Crippen LogP contribution is 2.24. The summed E-state index contributed by atoms with van der Waals surface area (Å²) in [5, 5.41) is 11.0. The van der Waals surface area contributed by atoms with Gasteiger partial charge in [0, 0.05) is 35.0 Å². The highest BCUT2D eigenvalue weighted by atomic mass is 16.5. The summed E-state index contributed by atoms with van der Waals surface area (Å²) in [6.45, 7) is 9.23. The highest BCUT2D eigenvalue weighted by Gasteiger charge is 2.28.